The number of nitrogens with one attached hydrogen (secondary N) is 1. The van der Waals surface area contributed by atoms with Crippen LogP contribution >= 0.6 is 0 Å². The molecule has 2 N–H and O–H groups in total. The molecule has 1 atom stereocenters. The monoisotopic (exact) mass is 259 g/mol. The van der Waals surface area contributed by atoms with Crippen LogP contribution in [-0.4, -0.2) is 36.7 Å². The lowest BCUT2D eigenvalue weighted by Gasteiger charge is -2.10. The summed E-state index contributed by atoms with van der Waals surface area (Å²) in [6.45, 7) is -0.457. The van der Waals surface area contributed by atoms with Crippen molar-refractivity contribution >= 4 is 11.9 Å². The van der Waals surface area contributed by atoms with Crippen LogP contribution in [0.2, 0.25) is 0 Å². The average Bonchev–Trinajstić information content (AvgIpc) is 2.37. The highest BCUT2D eigenvalue weighted by Gasteiger charge is 2.18. The standard InChI is InChI=1S/C11H11F2NO4/c1-18-11(17)9(15)5-14-10(16)7-4-6(12)2-3-8(7)13/h2-4,9,15H,5H2,1H3,(H,14,16). The Morgan fingerprint density at radius 3 is 2.72 bits per heavy atom. The van der Waals surface area contributed by atoms with Crippen molar-refractivity contribution in [3.8, 4) is 0 Å². The highest BCUT2D eigenvalue weighted by atomic mass is 19.1. The van der Waals surface area contributed by atoms with Crippen molar-refractivity contribution in [2.75, 3.05) is 13.7 Å². The molecular weight excluding hydrogens is 248 g/mol. The van der Waals surface area contributed by atoms with Gasteiger partial charge in [-0.3, -0.25) is 4.79 Å². The van der Waals surface area contributed by atoms with E-state index in [1.165, 1.54) is 0 Å². The summed E-state index contributed by atoms with van der Waals surface area (Å²) in [6, 6.07) is 2.39. The number of amides is 1. The summed E-state index contributed by atoms with van der Waals surface area (Å²) in [7, 11) is 1.07. The van der Waals surface area contributed by atoms with E-state index in [1.54, 1.807) is 0 Å². The Hall–Kier alpha value is -2.02. The molecule has 0 heterocycles. The Balaban J connectivity index is 2.66. The van der Waals surface area contributed by atoms with E-state index in [-0.39, 0.29) is 0 Å². The lowest BCUT2D eigenvalue weighted by Crippen LogP contribution is -2.37. The Labute approximate surface area is 101 Å². The molecule has 1 unspecified atom stereocenters. The molecule has 0 spiro atoms. The van der Waals surface area contributed by atoms with Crippen LogP contribution in [-0.2, 0) is 9.53 Å². The first kappa shape index (κ1) is 14.0. The number of rotatable bonds is 4. The molecule has 0 saturated carbocycles. The molecular formula is C11H11F2NO4. The van der Waals surface area contributed by atoms with Gasteiger partial charge in [-0.05, 0) is 18.2 Å². The number of hydrogen-bond donors (Lipinski definition) is 2. The molecule has 5 nitrogen and oxygen atoms in total. The molecule has 0 aliphatic rings. The fourth-order valence-corrected chi connectivity index (χ4v) is 1.18. The highest BCUT2D eigenvalue weighted by Crippen LogP contribution is 2.09. The number of aliphatic hydroxyl groups excluding tert-OH is 1. The molecule has 1 amide bonds. The van der Waals surface area contributed by atoms with E-state index in [9.17, 15) is 23.5 Å². The van der Waals surface area contributed by atoms with Crippen LogP contribution < -0.4 is 5.32 Å². The number of ether oxygens (including phenoxy) is 1. The molecule has 7 heteroatoms. The van der Waals surface area contributed by atoms with Crippen LogP contribution in [0.25, 0.3) is 0 Å². The van der Waals surface area contributed by atoms with Gasteiger partial charge in [0.1, 0.15) is 11.6 Å². The molecule has 1 rings (SSSR count). The van der Waals surface area contributed by atoms with Crippen molar-refractivity contribution in [2.45, 2.75) is 6.10 Å². The van der Waals surface area contributed by atoms with Crippen LogP contribution in [0.5, 0.6) is 0 Å². The van der Waals surface area contributed by atoms with Gasteiger partial charge in [0.05, 0.1) is 19.2 Å². The third-order valence-corrected chi connectivity index (χ3v) is 2.10. The summed E-state index contributed by atoms with van der Waals surface area (Å²) in [4.78, 5) is 22.3. The van der Waals surface area contributed by atoms with E-state index in [2.05, 4.69) is 10.1 Å². The minimum absolute atomic E-state index is 0.457. The summed E-state index contributed by atoms with van der Waals surface area (Å²) in [5.74, 6) is -3.54. The molecule has 0 saturated heterocycles. The molecule has 0 aromatic heterocycles. The SMILES string of the molecule is COC(=O)C(O)CNC(=O)c1cc(F)ccc1F. The predicted octanol–water partition coefficient (Wildman–Crippen LogP) is 0.228. The number of esters is 1. The van der Waals surface area contributed by atoms with E-state index >= 15 is 0 Å². The number of hydrogen-bond acceptors (Lipinski definition) is 4. The van der Waals surface area contributed by atoms with Crippen LogP contribution in [0.4, 0.5) is 8.78 Å². The van der Waals surface area contributed by atoms with Gasteiger partial charge in [-0.15, -0.1) is 0 Å². The topological polar surface area (TPSA) is 75.6 Å². The first-order valence-corrected chi connectivity index (χ1v) is 4.95. The van der Waals surface area contributed by atoms with Crippen molar-refractivity contribution in [2.24, 2.45) is 0 Å². The van der Waals surface area contributed by atoms with Crippen LogP contribution in [0.1, 0.15) is 10.4 Å². The zero-order valence-electron chi connectivity index (χ0n) is 9.44. The van der Waals surface area contributed by atoms with Gasteiger partial charge >= 0.3 is 5.97 Å². The Bertz CT molecular complexity index is 464. The van der Waals surface area contributed by atoms with Gasteiger partial charge in [-0.25, -0.2) is 13.6 Å². The van der Waals surface area contributed by atoms with Gasteiger partial charge in [-0.2, -0.15) is 0 Å². The summed E-state index contributed by atoms with van der Waals surface area (Å²) in [5.41, 5.74) is -0.507. The second-order valence-electron chi connectivity index (χ2n) is 3.37. The average molecular weight is 259 g/mol. The molecule has 0 aliphatic carbocycles. The Morgan fingerprint density at radius 1 is 1.44 bits per heavy atom. The maximum atomic E-state index is 13.2. The summed E-state index contributed by atoms with van der Waals surface area (Å²) in [6.07, 6.45) is -1.56. The molecule has 98 valence electrons. The zero-order chi connectivity index (χ0) is 13.7. The third kappa shape index (κ3) is 3.49. The fraction of sp³-hybridized carbons (Fsp3) is 0.273. The van der Waals surface area contributed by atoms with Gasteiger partial charge in [-0.1, -0.05) is 0 Å². The van der Waals surface area contributed by atoms with Gasteiger partial charge in [0.2, 0.25) is 0 Å². The fourth-order valence-electron chi connectivity index (χ4n) is 1.18. The lowest BCUT2D eigenvalue weighted by atomic mass is 10.2. The third-order valence-electron chi connectivity index (χ3n) is 2.10. The van der Waals surface area contributed by atoms with Crippen molar-refractivity contribution < 1.29 is 28.2 Å². The minimum atomic E-state index is -1.56. The van der Waals surface area contributed by atoms with E-state index in [0.29, 0.717) is 0 Å². The molecule has 1 aromatic carbocycles. The molecule has 0 fully saturated rings. The molecule has 1 aromatic rings. The first-order chi connectivity index (χ1) is 8.45. The largest absolute Gasteiger partial charge is 0.467 e. The van der Waals surface area contributed by atoms with Gasteiger partial charge < -0.3 is 15.2 Å². The number of benzene rings is 1. The van der Waals surface area contributed by atoms with E-state index in [4.69, 9.17) is 0 Å². The maximum Gasteiger partial charge on any atom is 0.336 e. The molecule has 0 bridgehead atoms. The van der Waals surface area contributed by atoms with Crippen molar-refractivity contribution in [3.63, 3.8) is 0 Å². The second kappa shape index (κ2) is 6.06. The first-order valence-electron chi connectivity index (χ1n) is 4.95. The quantitative estimate of drug-likeness (QED) is 0.759. The van der Waals surface area contributed by atoms with Gasteiger partial charge in [0, 0.05) is 0 Å². The number of carbonyl (C=O) groups excluding carboxylic acids is 2. The Morgan fingerprint density at radius 2 is 2.11 bits per heavy atom. The van der Waals surface area contributed by atoms with Crippen molar-refractivity contribution in [1.82, 2.24) is 5.32 Å². The predicted molar refractivity (Wildman–Crippen MR) is 56.7 cm³/mol. The summed E-state index contributed by atoms with van der Waals surface area (Å²) >= 11 is 0. The van der Waals surface area contributed by atoms with E-state index < -0.39 is 41.7 Å². The lowest BCUT2D eigenvalue weighted by molar-refractivity contribution is -0.149. The number of halogens is 2. The smallest absolute Gasteiger partial charge is 0.336 e. The maximum absolute atomic E-state index is 13.2. The molecule has 18 heavy (non-hydrogen) atoms. The van der Waals surface area contributed by atoms with Gasteiger partial charge in [0.25, 0.3) is 5.91 Å². The van der Waals surface area contributed by atoms with E-state index in [1.807, 2.05) is 0 Å². The summed E-state index contributed by atoms with van der Waals surface area (Å²) in [5, 5.41) is 11.3. The summed E-state index contributed by atoms with van der Waals surface area (Å²) < 4.78 is 30.2. The Kier molecular flexibility index (Phi) is 4.73. The normalized spacial score (nSPS) is 11.8. The van der Waals surface area contributed by atoms with Crippen LogP contribution in [0, 0.1) is 11.6 Å². The number of aliphatic hydroxyl groups is 1. The minimum Gasteiger partial charge on any atom is -0.467 e. The number of carbonyl (C=O) groups is 2. The highest BCUT2D eigenvalue weighted by molar-refractivity contribution is 5.94. The number of methoxy groups -OCH3 is 1. The molecule has 0 radical (unpaired) electrons. The zero-order valence-corrected chi connectivity index (χ0v) is 9.44. The van der Waals surface area contributed by atoms with E-state index in [0.717, 1.165) is 25.3 Å². The molecule has 0 aliphatic heterocycles. The van der Waals surface area contributed by atoms with Crippen molar-refractivity contribution in [3.05, 3.63) is 35.4 Å². The second-order valence-corrected chi connectivity index (χ2v) is 3.37. The van der Waals surface area contributed by atoms with Crippen molar-refractivity contribution in [1.29, 1.82) is 0 Å². The van der Waals surface area contributed by atoms with Gasteiger partial charge in [0.15, 0.2) is 6.10 Å². The van der Waals surface area contributed by atoms with Crippen LogP contribution in [0.3, 0.4) is 0 Å². The van der Waals surface area contributed by atoms with Crippen LogP contribution in [0.15, 0.2) is 18.2 Å².